The summed E-state index contributed by atoms with van der Waals surface area (Å²) >= 11 is 5.50. The number of rotatable bonds is 3. The van der Waals surface area contributed by atoms with Crippen molar-refractivity contribution in [3.8, 4) is 0 Å². The zero-order chi connectivity index (χ0) is 15.7. The minimum atomic E-state index is -0.962. The molecule has 2 aromatic rings. The minimum absolute atomic E-state index is 0.0250. The molecule has 1 unspecified atom stereocenters. The molecule has 2 aromatic carbocycles. The van der Waals surface area contributed by atoms with E-state index in [-0.39, 0.29) is 21.7 Å². The fourth-order valence-corrected chi connectivity index (χ4v) is 2.29. The Morgan fingerprint density at radius 1 is 0.857 bits per heavy atom. The molecule has 0 aliphatic carbocycles. The van der Waals surface area contributed by atoms with Gasteiger partial charge in [-0.15, -0.1) is 0 Å². The normalized spacial score (nSPS) is 12.5. The molecule has 21 heavy (non-hydrogen) atoms. The Balaban J connectivity index is 2.60. The lowest BCUT2D eigenvalue weighted by Crippen LogP contribution is -2.21. The van der Waals surface area contributed by atoms with E-state index in [1.165, 1.54) is 20.0 Å². The number of aryl methyl sites for hydroxylation is 1. The van der Waals surface area contributed by atoms with Gasteiger partial charge in [0.05, 0.1) is 11.1 Å². The molecule has 0 aliphatic rings. The Morgan fingerprint density at radius 2 is 1.43 bits per heavy atom. The standard InChI is InChI=1S/C15H12ClF4N/c1-7-3-8(13(19)6-11(7)17)15(21-2)9-4-14(20)10(16)5-12(9)18/h3-6,15,21H,1-2H3. The zero-order valence-corrected chi connectivity index (χ0v) is 12.0. The van der Waals surface area contributed by atoms with Crippen LogP contribution in [-0.4, -0.2) is 7.05 Å². The monoisotopic (exact) mass is 317 g/mol. The summed E-state index contributed by atoms with van der Waals surface area (Å²) in [4.78, 5) is 0. The Morgan fingerprint density at radius 3 is 2.05 bits per heavy atom. The number of halogens is 5. The number of hydrogen-bond acceptors (Lipinski definition) is 1. The van der Waals surface area contributed by atoms with Gasteiger partial charge in [-0.1, -0.05) is 11.6 Å². The van der Waals surface area contributed by atoms with Crippen LogP contribution in [0.25, 0.3) is 0 Å². The molecule has 0 amide bonds. The van der Waals surface area contributed by atoms with Crippen molar-refractivity contribution in [1.29, 1.82) is 0 Å². The maximum atomic E-state index is 14.0. The lowest BCUT2D eigenvalue weighted by Gasteiger charge is -2.19. The first-order chi connectivity index (χ1) is 9.85. The fraction of sp³-hybridized carbons (Fsp3) is 0.200. The second-order valence-corrected chi connectivity index (χ2v) is 5.04. The van der Waals surface area contributed by atoms with E-state index in [1.54, 1.807) is 0 Å². The summed E-state index contributed by atoms with van der Waals surface area (Å²) in [6.07, 6.45) is 0. The van der Waals surface area contributed by atoms with E-state index in [4.69, 9.17) is 11.6 Å². The quantitative estimate of drug-likeness (QED) is 0.648. The highest BCUT2D eigenvalue weighted by Crippen LogP contribution is 2.30. The molecule has 0 bridgehead atoms. The van der Waals surface area contributed by atoms with E-state index >= 15 is 0 Å². The molecule has 1 atom stereocenters. The van der Waals surface area contributed by atoms with Crippen LogP contribution in [0, 0.1) is 30.2 Å². The second-order valence-electron chi connectivity index (χ2n) is 4.63. The van der Waals surface area contributed by atoms with Gasteiger partial charge < -0.3 is 5.32 Å². The second kappa shape index (κ2) is 6.03. The average molecular weight is 318 g/mol. The van der Waals surface area contributed by atoms with E-state index in [0.29, 0.717) is 0 Å². The molecule has 0 radical (unpaired) electrons. The molecule has 0 fully saturated rings. The molecule has 1 N–H and O–H groups in total. The third kappa shape index (κ3) is 3.04. The van der Waals surface area contributed by atoms with Crippen molar-refractivity contribution in [1.82, 2.24) is 5.32 Å². The van der Waals surface area contributed by atoms with Gasteiger partial charge in [0.25, 0.3) is 0 Å². The molecule has 0 aliphatic heterocycles. The predicted molar refractivity (Wildman–Crippen MR) is 73.4 cm³/mol. The first-order valence-corrected chi connectivity index (χ1v) is 6.50. The minimum Gasteiger partial charge on any atom is -0.309 e. The van der Waals surface area contributed by atoms with E-state index in [9.17, 15) is 17.6 Å². The Hall–Kier alpha value is -1.59. The van der Waals surface area contributed by atoms with Crippen molar-refractivity contribution in [2.45, 2.75) is 13.0 Å². The summed E-state index contributed by atoms with van der Waals surface area (Å²) in [6.45, 7) is 1.46. The smallest absolute Gasteiger partial charge is 0.142 e. The fourth-order valence-electron chi connectivity index (χ4n) is 2.14. The predicted octanol–water partition coefficient (Wildman–Crippen LogP) is 4.51. The largest absolute Gasteiger partial charge is 0.309 e. The summed E-state index contributed by atoms with van der Waals surface area (Å²) in [5, 5.41) is 2.34. The van der Waals surface area contributed by atoms with Gasteiger partial charge in [-0.3, -0.25) is 0 Å². The van der Waals surface area contributed by atoms with Crippen LogP contribution in [0.1, 0.15) is 22.7 Å². The van der Waals surface area contributed by atoms with Crippen LogP contribution in [0.15, 0.2) is 24.3 Å². The first-order valence-electron chi connectivity index (χ1n) is 6.12. The summed E-state index contributed by atoms with van der Waals surface area (Å²) in [6, 6.07) is 2.75. The highest BCUT2D eigenvalue weighted by Gasteiger charge is 2.22. The summed E-state index contributed by atoms with van der Waals surface area (Å²) in [7, 11) is 1.47. The van der Waals surface area contributed by atoms with Crippen LogP contribution in [-0.2, 0) is 0 Å². The van der Waals surface area contributed by atoms with Crippen LogP contribution in [0.4, 0.5) is 17.6 Å². The lowest BCUT2D eigenvalue weighted by molar-refractivity contribution is 0.526. The summed E-state index contributed by atoms with van der Waals surface area (Å²) in [5.74, 6) is -3.13. The zero-order valence-electron chi connectivity index (χ0n) is 11.3. The van der Waals surface area contributed by atoms with Crippen molar-refractivity contribution in [2.75, 3.05) is 7.05 Å². The lowest BCUT2D eigenvalue weighted by atomic mass is 9.96. The van der Waals surface area contributed by atoms with Crippen LogP contribution < -0.4 is 5.32 Å². The Kier molecular flexibility index (Phi) is 4.54. The molecule has 0 heterocycles. The Labute approximate surface area is 124 Å². The van der Waals surface area contributed by atoms with Crippen molar-refractivity contribution in [2.24, 2.45) is 0 Å². The van der Waals surface area contributed by atoms with E-state index in [1.807, 2.05) is 0 Å². The van der Waals surface area contributed by atoms with E-state index in [2.05, 4.69) is 5.32 Å². The van der Waals surface area contributed by atoms with E-state index < -0.39 is 29.3 Å². The molecule has 0 saturated heterocycles. The van der Waals surface area contributed by atoms with Crippen molar-refractivity contribution < 1.29 is 17.6 Å². The third-order valence-corrected chi connectivity index (χ3v) is 3.52. The molecule has 6 heteroatoms. The molecule has 112 valence electrons. The van der Waals surface area contributed by atoms with Crippen LogP contribution in [0.5, 0.6) is 0 Å². The van der Waals surface area contributed by atoms with Gasteiger partial charge in [0, 0.05) is 17.2 Å². The summed E-state index contributed by atoms with van der Waals surface area (Å²) < 4.78 is 54.8. The molecule has 0 aromatic heterocycles. The first kappa shape index (κ1) is 15.8. The maximum Gasteiger partial charge on any atom is 0.142 e. The van der Waals surface area contributed by atoms with Crippen LogP contribution in [0.2, 0.25) is 5.02 Å². The van der Waals surface area contributed by atoms with Gasteiger partial charge in [0.15, 0.2) is 0 Å². The number of hydrogen-bond donors (Lipinski definition) is 1. The van der Waals surface area contributed by atoms with Gasteiger partial charge in [0.1, 0.15) is 23.3 Å². The average Bonchev–Trinajstić information content (AvgIpc) is 2.42. The highest BCUT2D eigenvalue weighted by molar-refractivity contribution is 6.30. The van der Waals surface area contributed by atoms with Gasteiger partial charge in [0.2, 0.25) is 0 Å². The van der Waals surface area contributed by atoms with Gasteiger partial charge in [-0.25, -0.2) is 17.6 Å². The Bertz CT molecular complexity index is 630. The summed E-state index contributed by atoms with van der Waals surface area (Å²) in [5.41, 5.74) is 0.128. The van der Waals surface area contributed by atoms with Crippen molar-refractivity contribution >= 4 is 11.6 Å². The van der Waals surface area contributed by atoms with Gasteiger partial charge in [-0.05, 0) is 37.7 Å². The van der Waals surface area contributed by atoms with Crippen LogP contribution in [0.3, 0.4) is 0 Å². The molecule has 0 saturated carbocycles. The molecular weight excluding hydrogens is 306 g/mol. The van der Waals surface area contributed by atoms with Crippen molar-refractivity contribution in [3.63, 3.8) is 0 Å². The topological polar surface area (TPSA) is 12.0 Å². The highest BCUT2D eigenvalue weighted by atomic mass is 35.5. The molecule has 0 spiro atoms. The SMILES string of the molecule is CNC(c1cc(C)c(F)cc1F)c1cc(F)c(Cl)cc1F. The van der Waals surface area contributed by atoms with Gasteiger partial charge in [-0.2, -0.15) is 0 Å². The van der Waals surface area contributed by atoms with E-state index in [0.717, 1.165) is 18.2 Å². The molecular formula is C15H12ClF4N. The van der Waals surface area contributed by atoms with Crippen molar-refractivity contribution in [3.05, 3.63) is 69.2 Å². The maximum absolute atomic E-state index is 14.0. The molecule has 1 nitrogen and oxygen atoms in total. The number of benzene rings is 2. The number of nitrogens with one attached hydrogen (secondary N) is 1. The van der Waals surface area contributed by atoms with Gasteiger partial charge >= 0.3 is 0 Å². The molecule has 2 rings (SSSR count). The third-order valence-electron chi connectivity index (χ3n) is 3.23. The van der Waals surface area contributed by atoms with Crippen LogP contribution >= 0.6 is 11.6 Å².